The van der Waals surface area contributed by atoms with E-state index in [1.807, 2.05) is 0 Å². The summed E-state index contributed by atoms with van der Waals surface area (Å²) in [5.74, 6) is -1.17. The number of hydrogen-bond donors (Lipinski definition) is 3. The topological polar surface area (TPSA) is 108 Å². The van der Waals surface area contributed by atoms with Crippen molar-refractivity contribution in [1.29, 1.82) is 0 Å². The Labute approximate surface area is 120 Å². The van der Waals surface area contributed by atoms with Crippen LogP contribution in [0.15, 0.2) is 18.2 Å². The van der Waals surface area contributed by atoms with Crippen LogP contribution in [0.5, 0.6) is 0 Å². The van der Waals surface area contributed by atoms with Gasteiger partial charge < -0.3 is 10.4 Å². The summed E-state index contributed by atoms with van der Waals surface area (Å²) in [6.07, 6.45) is 2.63. The molecule has 1 fully saturated rings. The van der Waals surface area contributed by atoms with Gasteiger partial charge in [0.2, 0.25) is 0 Å². The van der Waals surface area contributed by atoms with E-state index in [1.54, 1.807) is 18.2 Å². The van der Waals surface area contributed by atoms with E-state index in [1.165, 1.54) is 0 Å². The number of aromatic nitrogens is 3. The zero-order valence-electron chi connectivity index (χ0n) is 11.4. The molecule has 0 radical (unpaired) electrons. The number of nitrogens with zero attached hydrogens (tertiary/aromatic N) is 2. The van der Waals surface area contributed by atoms with Crippen molar-refractivity contribution >= 4 is 22.9 Å². The van der Waals surface area contributed by atoms with Crippen LogP contribution in [0.3, 0.4) is 0 Å². The zero-order valence-corrected chi connectivity index (χ0v) is 11.4. The average molecular weight is 288 g/mol. The molecule has 0 saturated heterocycles. The highest BCUT2D eigenvalue weighted by molar-refractivity contribution is 5.97. The molecule has 0 bridgehead atoms. The highest BCUT2D eigenvalue weighted by Crippen LogP contribution is 2.24. The van der Waals surface area contributed by atoms with Gasteiger partial charge in [-0.15, -0.1) is 0 Å². The molecule has 1 aromatic carbocycles. The van der Waals surface area contributed by atoms with Crippen LogP contribution in [0.4, 0.5) is 0 Å². The Morgan fingerprint density at radius 1 is 1.14 bits per heavy atom. The Hall–Kier alpha value is -2.44. The minimum atomic E-state index is -0.740. The quantitative estimate of drug-likeness (QED) is 0.789. The van der Waals surface area contributed by atoms with Crippen molar-refractivity contribution in [3.8, 4) is 0 Å². The summed E-state index contributed by atoms with van der Waals surface area (Å²) in [7, 11) is 0. The Morgan fingerprint density at radius 2 is 1.86 bits per heavy atom. The minimum absolute atomic E-state index is 0.0427. The number of nitrogens with one attached hydrogen (secondary N) is 2. The Bertz CT molecular complexity index is 674. The summed E-state index contributed by atoms with van der Waals surface area (Å²) in [4.78, 5) is 23.1. The van der Waals surface area contributed by atoms with Gasteiger partial charge in [0.1, 0.15) is 11.0 Å². The number of aliphatic carboxylic acids is 1. The van der Waals surface area contributed by atoms with Crippen LogP contribution in [0.2, 0.25) is 0 Å². The van der Waals surface area contributed by atoms with Crippen LogP contribution >= 0.6 is 0 Å². The van der Waals surface area contributed by atoms with Gasteiger partial charge in [-0.2, -0.15) is 15.4 Å². The number of amides is 1. The molecule has 3 N–H and O–H groups in total. The molecule has 1 heterocycles. The molecule has 1 aliphatic carbocycles. The lowest BCUT2D eigenvalue weighted by atomic mass is 9.86. The van der Waals surface area contributed by atoms with Crippen molar-refractivity contribution in [2.24, 2.45) is 5.92 Å². The van der Waals surface area contributed by atoms with Gasteiger partial charge in [0.15, 0.2) is 0 Å². The van der Waals surface area contributed by atoms with Crippen LogP contribution in [0.25, 0.3) is 11.0 Å². The summed E-state index contributed by atoms with van der Waals surface area (Å²) in [6, 6.07) is 5.19. The molecule has 1 aliphatic rings. The predicted octanol–water partition coefficient (Wildman–Crippen LogP) is 1.33. The summed E-state index contributed by atoms with van der Waals surface area (Å²) in [5.41, 5.74) is 1.91. The zero-order chi connectivity index (χ0) is 14.8. The predicted molar refractivity (Wildman–Crippen MR) is 74.7 cm³/mol. The van der Waals surface area contributed by atoms with Gasteiger partial charge in [0, 0.05) is 11.6 Å². The van der Waals surface area contributed by atoms with Gasteiger partial charge in [-0.3, -0.25) is 9.59 Å². The van der Waals surface area contributed by atoms with Crippen molar-refractivity contribution in [2.45, 2.75) is 31.7 Å². The van der Waals surface area contributed by atoms with Crippen LogP contribution in [-0.4, -0.2) is 38.4 Å². The van der Waals surface area contributed by atoms with Gasteiger partial charge >= 0.3 is 5.97 Å². The average Bonchev–Trinajstić information content (AvgIpc) is 2.95. The summed E-state index contributed by atoms with van der Waals surface area (Å²) >= 11 is 0. The van der Waals surface area contributed by atoms with Crippen molar-refractivity contribution in [3.63, 3.8) is 0 Å². The molecule has 1 aromatic heterocycles. The second kappa shape index (κ2) is 5.51. The van der Waals surface area contributed by atoms with E-state index in [9.17, 15) is 9.59 Å². The van der Waals surface area contributed by atoms with Crippen molar-refractivity contribution in [3.05, 3.63) is 23.8 Å². The third-order valence-corrected chi connectivity index (χ3v) is 3.99. The molecule has 0 spiro atoms. The van der Waals surface area contributed by atoms with E-state index >= 15 is 0 Å². The number of carbonyl (C=O) groups is 2. The molecule has 0 aliphatic heterocycles. The lowest BCUT2D eigenvalue weighted by Crippen LogP contribution is -2.38. The molecule has 1 amide bonds. The number of carboxylic acid groups (broad SMARTS) is 1. The maximum atomic E-state index is 12.2. The van der Waals surface area contributed by atoms with Crippen LogP contribution in [-0.2, 0) is 4.79 Å². The molecule has 7 heteroatoms. The monoisotopic (exact) mass is 288 g/mol. The van der Waals surface area contributed by atoms with Gasteiger partial charge in [-0.25, -0.2) is 0 Å². The first-order valence-electron chi connectivity index (χ1n) is 6.97. The molecule has 110 valence electrons. The van der Waals surface area contributed by atoms with Crippen molar-refractivity contribution in [1.82, 2.24) is 20.7 Å². The molecular weight excluding hydrogens is 272 g/mol. The van der Waals surface area contributed by atoms with E-state index in [4.69, 9.17) is 5.11 Å². The lowest BCUT2D eigenvalue weighted by Gasteiger charge is -2.26. The highest BCUT2D eigenvalue weighted by Gasteiger charge is 2.26. The first-order valence-corrected chi connectivity index (χ1v) is 6.97. The number of rotatable bonds is 3. The Kier molecular flexibility index (Phi) is 3.55. The largest absolute Gasteiger partial charge is 0.481 e. The third kappa shape index (κ3) is 2.86. The van der Waals surface area contributed by atoms with Crippen LogP contribution in [0, 0.1) is 5.92 Å². The number of carboxylic acids is 1. The van der Waals surface area contributed by atoms with Crippen LogP contribution < -0.4 is 5.32 Å². The molecule has 3 rings (SSSR count). The van der Waals surface area contributed by atoms with E-state index in [0.717, 1.165) is 0 Å². The molecular formula is C14H16N4O3. The van der Waals surface area contributed by atoms with Crippen LogP contribution in [0.1, 0.15) is 36.0 Å². The van der Waals surface area contributed by atoms with Crippen molar-refractivity contribution < 1.29 is 14.7 Å². The van der Waals surface area contributed by atoms with Gasteiger partial charge in [-0.1, -0.05) is 0 Å². The Morgan fingerprint density at radius 3 is 2.57 bits per heavy atom. The second-order valence-electron chi connectivity index (χ2n) is 5.39. The minimum Gasteiger partial charge on any atom is -0.481 e. The summed E-state index contributed by atoms with van der Waals surface area (Å²) in [5, 5.41) is 22.3. The molecule has 7 nitrogen and oxygen atoms in total. The van der Waals surface area contributed by atoms with E-state index in [-0.39, 0.29) is 17.9 Å². The number of benzene rings is 1. The fourth-order valence-corrected chi connectivity index (χ4v) is 2.73. The second-order valence-corrected chi connectivity index (χ2v) is 5.39. The fourth-order valence-electron chi connectivity index (χ4n) is 2.73. The van der Waals surface area contributed by atoms with Gasteiger partial charge in [0.25, 0.3) is 5.91 Å². The Balaban J connectivity index is 1.62. The highest BCUT2D eigenvalue weighted by atomic mass is 16.4. The first-order chi connectivity index (χ1) is 10.1. The summed E-state index contributed by atoms with van der Waals surface area (Å²) in [6.45, 7) is 0. The normalized spacial score (nSPS) is 22.1. The molecule has 2 aromatic rings. The molecule has 0 unspecified atom stereocenters. The van der Waals surface area contributed by atoms with Crippen molar-refractivity contribution in [2.75, 3.05) is 0 Å². The van der Waals surface area contributed by atoms with E-state index < -0.39 is 5.97 Å². The molecule has 1 saturated carbocycles. The van der Waals surface area contributed by atoms with Gasteiger partial charge in [-0.05, 0) is 43.9 Å². The summed E-state index contributed by atoms with van der Waals surface area (Å²) < 4.78 is 0. The number of aromatic amines is 1. The standard InChI is InChI=1S/C14H16N4O3/c19-13(9-3-6-11-12(7-9)17-18-16-11)15-10-4-1-8(2-5-10)14(20)21/h3,6-8,10H,1-2,4-5H2,(H,15,19)(H,20,21)(H,16,17,18). The van der Waals surface area contributed by atoms with E-state index in [0.29, 0.717) is 42.3 Å². The number of hydrogen-bond acceptors (Lipinski definition) is 4. The smallest absolute Gasteiger partial charge is 0.306 e. The fraction of sp³-hybridized carbons (Fsp3) is 0.429. The maximum absolute atomic E-state index is 12.2. The molecule has 0 atom stereocenters. The van der Waals surface area contributed by atoms with Gasteiger partial charge in [0.05, 0.1) is 5.92 Å². The number of H-pyrrole nitrogens is 1. The maximum Gasteiger partial charge on any atom is 0.306 e. The number of fused-ring (bicyclic) bond motifs is 1. The third-order valence-electron chi connectivity index (χ3n) is 3.99. The molecule has 21 heavy (non-hydrogen) atoms. The van der Waals surface area contributed by atoms with E-state index in [2.05, 4.69) is 20.7 Å². The SMILES string of the molecule is O=C(NC1CCC(C(=O)O)CC1)c1ccc2n[nH]nc2c1. The number of carbonyl (C=O) groups excluding carboxylic acids is 1. The first kappa shape index (κ1) is 13.5. The lowest BCUT2D eigenvalue weighted by molar-refractivity contribution is -0.142.